The highest BCUT2D eigenvalue weighted by atomic mass is 16.4. The second-order valence-electron chi connectivity index (χ2n) is 2.53. The van der Waals surface area contributed by atoms with Gasteiger partial charge in [-0.2, -0.15) is 0 Å². The molecule has 5 nitrogen and oxygen atoms in total. The fourth-order valence-electron chi connectivity index (χ4n) is 0.897. The molecule has 0 fully saturated rings. The highest BCUT2D eigenvalue weighted by molar-refractivity contribution is 5.93. The molecule has 0 aromatic rings. The molecular weight excluding hydrogens is 172 g/mol. The summed E-state index contributed by atoms with van der Waals surface area (Å²) in [6.45, 7) is 0. The number of hydrogen-bond acceptors (Lipinski definition) is 3. The minimum atomic E-state index is -1.13. The van der Waals surface area contributed by atoms with Crippen LogP contribution in [0.15, 0.2) is 24.4 Å². The van der Waals surface area contributed by atoms with E-state index in [1.807, 2.05) is 0 Å². The molecule has 3 N–H and O–H groups in total. The van der Waals surface area contributed by atoms with E-state index >= 15 is 0 Å². The van der Waals surface area contributed by atoms with Crippen LogP contribution in [0.2, 0.25) is 0 Å². The van der Waals surface area contributed by atoms with Crippen LogP contribution >= 0.6 is 0 Å². The minimum Gasteiger partial charge on any atom is -0.481 e. The molecule has 1 heterocycles. The maximum Gasteiger partial charge on any atom is 0.312 e. The van der Waals surface area contributed by atoms with Crippen LogP contribution < -0.4 is 10.6 Å². The summed E-state index contributed by atoms with van der Waals surface area (Å²) in [5.74, 6) is -1.64. The number of carboxylic acids is 1. The summed E-state index contributed by atoms with van der Waals surface area (Å²) < 4.78 is 0. The lowest BCUT2D eigenvalue weighted by Crippen LogP contribution is -2.43. The average Bonchev–Trinajstić information content (AvgIpc) is 2.04. The summed E-state index contributed by atoms with van der Waals surface area (Å²) in [5.41, 5.74) is 0. The van der Waals surface area contributed by atoms with Crippen molar-refractivity contribution in [3.63, 3.8) is 0 Å². The largest absolute Gasteiger partial charge is 0.481 e. The normalized spacial score (nSPS) is 19.2. The number of rotatable bonds is 3. The Hall–Kier alpha value is -1.78. The number of aliphatic carboxylic acids is 1. The van der Waals surface area contributed by atoms with Crippen molar-refractivity contribution in [2.24, 2.45) is 0 Å². The molecule has 0 aliphatic carbocycles. The van der Waals surface area contributed by atoms with E-state index in [1.54, 1.807) is 24.4 Å². The summed E-state index contributed by atoms with van der Waals surface area (Å²) in [5, 5.41) is 13.6. The van der Waals surface area contributed by atoms with E-state index in [0.717, 1.165) is 0 Å². The zero-order chi connectivity index (χ0) is 9.68. The zero-order valence-corrected chi connectivity index (χ0v) is 6.86. The fourth-order valence-corrected chi connectivity index (χ4v) is 0.897. The SMILES string of the molecule is O=C(O)CC(=O)NC1C=CC=CN1. The summed E-state index contributed by atoms with van der Waals surface area (Å²) >= 11 is 0. The molecule has 0 saturated heterocycles. The summed E-state index contributed by atoms with van der Waals surface area (Å²) in [6.07, 6.45) is 6.13. The van der Waals surface area contributed by atoms with Crippen molar-refractivity contribution in [3.05, 3.63) is 24.4 Å². The van der Waals surface area contributed by atoms with Gasteiger partial charge < -0.3 is 15.7 Å². The van der Waals surface area contributed by atoms with Gasteiger partial charge in [0.1, 0.15) is 12.6 Å². The smallest absolute Gasteiger partial charge is 0.312 e. The summed E-state index contributed by atoms with van der Waals surface area (Å²) in [7, 11) is 0. The van der Waals surface area contributed by atoms with E-state index in [9.17, 15) is 9.59 Å². The Morgan fingerprint density at radius 2 is 2.23 bits per heavy atom. The molecule has 0 bridgehead atoms. The van der Waals surface area contributed by atoms with E-state index in [-0.39, 0.29) is 6.17 Å². The average molecular weight is 182 g/mol. The van der Waals surface area contributed by atoms with Gasteiger partial charge in [0.15, 0.2) is 0 Å². The molecule has 1 unspecified atom stereocenters. The second-order valence-corrected chi connectivity index (χ2v) is 2.53. The van der Waals surface area contributed by atoms with Crippen LogP contribution in [0.3, 0.4) is 0 Å². The van der Waals surface area contributed by atoms with Gasteiger partial charge in [0.2, 0.25) is 5.91 Å². The van der Waals surface area contributed by atoms with Gasteiger partial charge in [-0.25, -0.2) is 0 Å². The molecule has 1 rings (SSSR count). The van der Waals surface area contributed by atoms with Gasteiger partial charge in [-0.15, -0.1) is 0 Å². The monoisotopic (exact) mass is 182 g/mol. The van der Waals surface area contributed by atoms with Crippen LogP contribution in [0.4, 0.5) is 0 Å². The molecule has 0 spiro atoms. The number of dihydropyridines is 1. The number of carbonyl (C=O) groups is 2. The minimum absolute atomic E-state index is 0.308. The lowest BCUT2D eigenvalue weighted by atomic mass is 10.3. The highest BCUT2D eigenvalue weighted by Crippen LogP contribution is 1.91. The fraction of sp³-hybridized carbons (Fsp3) is 0.250. The first-order chi connectivity index (χ1) is 6.18. The Balaban J connectivity index is 2.32. The molecule has 1 aliphatic heterocycles. The molecule has 0 aromatic heterocycles. The van der Waals surface area contributed by atoms with Gasteiger partial charge in [0.25, 0.3) is 0 Å². The van der Waals surface area contributed by atoms with E-state index in [0.29, 0.717) is 0 Å². The molecule has 1 aliphatic rings. The predicted molar refractivity (Wildman–Crippen MR) is 45.6 cm³/mol. The van der Waals surface area contributed by atoms with Gasteiger partial charge in [0, 0.05) is 0 Å². The van der Waals surface area contributed by atoms with E-state index in [2.05, 4.69) is 10.6 Å². The lowest BCUT2D eigenvalue weighted by molar-refractivity contribution is -0.140. The third-order valence-electron chi connectivity index (χ3n) is 1.41. The first kappa shape index (κ1) is 9.31. The van der Waals surface area contributed by atoms with Crippen molar-refractivity contribution in [1.29, 1.82) is 0 Å². The molecular formula is C8H10N2O3. The molecule has 0 radical (unpaired) electrons. The Bertz CT molecular complexity index is 271. The van der Waals surface area contributed by atoms with Crippen molar-refractivity contribution in [2.45, 2.75) is 12.6 Å². The molecule has 0 saturated carbocycles. The van der Waals surface area contributed by atoms with Gasteiger partial charge in [-0.1, -0.05) is 6.08 Å². The van der Waals surface area contributed by atoms with Crippen LogP contribution in [-0.4, -0.2) is 23.1 Å². The number of amides is 1. The third-order valence-corrected chi connectivity index (χ3v) is 1.41. The van der Waals surface area contributed by atoms with Crippen molar-refractivity contribution in [2.75, 3.05) is 0 Å². The number of allylic oxidation sites excluding steroid dienone is 2. The van der Waals surface area contributed by atoms with Crippen LogP contribution in [0.25, 0.3) is 0 Å². The maximum absolute atomic E-state index is 10.9. The van der Waals surface area contributed by atoms with E-state index < -0.39 is 18.3 Å². The topological polar surface area (TPSA) is 78.4 Å². The van der Waals surface area contributed by atoms with Crippen molar-refractivity contribution >= 4 is 11.9 Å². The molecule has 0 aromatic carbocycles. The molecule has 5 heteroatoms. The quantitative estimate of drug-likeness (QED) is 0.518. The van der Waals surface area contributed by atoms with E-state index in [4.69, 9.17) is 5.11 Å². The van der Waals surface area contributed by atoms with Crippen LogP contribution in [0.1, 0.15) is 6.42 Å². The Labute approximate surface area is 75.1 Å². The second kappa shape index (κ2) is 4.30. The number of hydrogen-bond donors (Lipinski definition) is 3. The predicted octanol–water partition coefficient (Wildman–Crippen LogP) is -0.423. The number of carboxylic acid groups (broad SMARTS) is 1. The van der Waals surface area contributed by atoms with Gasteiger partial charge >= 0.3 is 5.97 Å². The van der Waals surface area contributed by atoms with Gasteiger partial charge in [-0.3, -0.25) is 9.59 Å². The van der Waals surface area contributed by atoms with Crippen molar-refractivity contribution in [1.82, 2.24) is 10.6 Å². The Morgan fingerprint density at radius 3 is 2.77 bits per heavy atom. The first-order valence-corrected chi connectivity index (χ1v) is 3.79. The molecule has 13 heavy (non-hydrogen) atoms. The summed E-state index contributed by atoms with van der Waals surface area (Å²) in [6, 6.07) is 0. The van der Waals surface area contributed by atoms with Crippen LogP contribution in [0, 0.1) is 0 Å². The summed E-state index contributed by atoms with van der Waals surface area (Å²) in [4.78, 5) is 21.1. The molecule has 1 amide bonds. The maximum atomic E-state index is 10.9. The Kier molecular flexibility index (Phi) is 3.08. The van der Waals surface area contributed by atoms with E-state index in [1.165, 1.54) is 0 Å². The first-order valence-electron chi connectivity index (χ1n) is 3.79. The highest BCUT2D eigenvalue weighted by Gasteiger charge is 2.11. The Morgan fingerprint density at radius 1 is 1.46 bits per heavy atom. The van der Waals surface area contributed by atoms with Crippen LogP contribution in [0.5, 0.6) is 0 Å². The van der Waals surface area contributed by atoms with Crippen molar-refractivity contribution < 1.29 is 14.7 Å². The lowest BCUT2D eigenvalue weighted by Gasteiger charge is -2.16. The van der Waals surface area contributed by atoms with Gasteiger partial charge in [0.05, 0.1) is 0 Å². The standard InChI is InChI=1S/C8H10N2O3/c11-7(5-8(12)13)10-6-3-1-2-4-9-6/h1-4,6,9H,5H2,(H,10,11)(H,12,13). The van der Waals surface area contributed by atoms with Gasteiger partial charge in [-0.05, 0) is 18.4 Å². The zero-order valence-electron chi connectivity index (χ0n) is 6.86. The van der Waals surface area contributed by atoms with Crippen molar-refractivity contribution in [3.8, 4) is 0 Å². The molecule has 1 atom stereocenters. The molecule has 70 valence electrons. The number of carbonyl (C=O) groups excluding carboxylic acids is 1. The number of nitrogens with one attached hydrogen (secondary N) is 2. The third kappa shape index (κ3) is 3.42. The van der Waals surface area contributed by atoms with Crippen LogP contribution in [-0.2, 0) is 9.59 Å².